The first-order valence-corrected chi connectivity index (χ1v) is 10.4. The minimum absolute atomic E-state index is 0.0346. The van der Waals surface area contributed by atoms with E-state index in [-0.39, 0.29) is 4.90 Å². The molecule has 156 valence electrons. The average Bonchev–Trinajstić information content (AvgIpc) is 2.71. The second-order valence-electron chi connectivity index (χ2n) is 6.51. The van der Waals surface area contributed by atoms with Gasteiger partial charge in [-0.15, -0.1) is 0 Å². The van der Waals surface area contributed by atoms with Crippen LogP contribution in [-0.2, 0) is 24.3 Å². The molecule has 0 heterocycles. The van der Waals surface area contributed by atoms with Crippen LogP contribution in [0, 0.1) is 5.92 Å². The highest BCUT2D eigenvalue weighted by Crippen LogP contribution is 2.22. The van der Waals surface area contributed by atoms with Crippen LogP contribution >= 0.6 is 0 Å². The molecule has 9 heteroatoms. The average molecular weight is 420 g/mol. The highest BCUT2D eigenvalue weighted by atomic mass is 32.2. The van der Waals surface area contributed by atoms with Crippen molar-refractivity contribution < 1.29 is 27.5 Å². The van der Waals surface area contributed by atoms with Crippen molar-refractivity contribution in [2.75, 3.05) is 19.0 Å². The minimum Gasteiger partial charge on any atom is -0.495 e. The van der Waals surface area contributed by atoms with Gasteiger partial charge in [0.2, 0.25) is 10.0 Å². The number of amides is 1. The second kappa shape index (κ2) is 10.0. The van der Waals surface area contributed by atoms with E-state index in [1.165, 1.54) is 19.2 Å². The second-order valence-corrected chi connectivity index (χ2v) is 8.23. The number of para-hydroxylation sites is 2. The maximum Gasteiger partial charge on any atom is 0.324 e. The molecule has 0 bridgehead atoms. The van der Waals surface area contributed by atoms with Crippen LogP contribution in [0.5, 0.6) is 5.75 Å². The number of hydrogen-bond acceptors (Lipinski definition) is 6. The first-order chi connectivity index (χ1) is 13.7. The molecule has 0 saturated heterocycles. The minimum atomic E-state index is -3.91. The van der Waals surface area contributed by atoms with E-state index in [1.807, 2.05) is 0 Å². The molecule has 1 amide bonds. The number of rotatable bonds is 9. The lowest BCUT2D eigenvalue weighted by Crippen LogP contribution is -2.45. The largest absolute Gasteiger partial charge is 0.495 e. The van der Waals surface area contributed by atoms with Crippen LogP contribution in [-0.4, -0.2) is 40.1 Å². The SMILES string of the molecule is COc1ccccc1NC(=O)COC(=O)[C@H](NS(=O)(=O)c1ccccc1)C(C)C. The van der Waals surface area contributed by atoms with Gasteiger partial charge in [0.05, 0.1) is 17.7 Å². The Labute approximate surface area is 170 Å². The molecular weight excluding hydrogens is 396 g/mol. The summed E-state index contributed by atoms with van der Waals surface area (Å²) in [5, 5.41) is 2.58. The van der Waals surface area contributed by atoms with E-state index in [0.717, 1.165) is 0 Å². The fourth-order valence-corrected chi connectivity index (χ4v) is 3.81. The van der Waals surface area contributed by atoms with E-state index in [2.05, 4.69) is 10.0 Å². The van der Waals surface area contributed by atoms with E-state index in [9.17, 15) is 18.0 Å². The first-order valence-electron chi connectivity index (χ1n) is 8.91. The standard InChI is InChI=1S/C20H24N2O6S/c1-14(2)19(22-29(25,26)15-9-5-4-6-10-15)20(24)28-13-18(23)21-16-11-7-8-12-17(16)27-3/h4-12,14,19,22H,13H2,1-3H3,(H,21,23)/t19-/m1/s1. The number of methoxy groups -OCH3 is 1. The zero-order chi connectivity index (χ0) is 21.4. The van der Waals surface area contributed by atoms with Crippen molar-refractivity contribution in [3.05, 3.63) is 54.6 Å². The van der Waals surface area contributed by atoms with Gasteiger partial charge in [0.15, 0.2) is 6.61 Å². The van der Waals surface area contributed by atoms with Gasteiger partial charge in [-0.2, -0.15) is 4.72 Å². The van der Waals surface area contributed by atoms with Crippen molar-refractivity contribution in [2.45, 2.75) is 24.8 Å². The smallest absolute Gasteiger partial charge is 0.324 e. The van der Waals surface area contributed by atoms with Gasteiger partial charge >= 0.3 is 5.97 Å². The van der Waals surface area contributed by atoms with Crippen molar-refractivity contribution in [1.82, 2.24) is 4.72 Å². The third-order valence-electron chi connectivity index (χ3n) is 3.98. The van der Waals surface area contributed by atoms with Crippen molar-refractivity contribution in [2.24, 2.45) is 5.92 Å². The van der Waals surface area contributed by atoms with Crippen molar-refractivity contribution in [1.29, 1.82) is 0 Å². The lowest BCUT2D eigenvalue weighted by atomic mass is 10.1. The van der Waals surface area contributed by atoms with E-state index in [0.29, 0.717) is 11.4 Å². The topological polar surface area (TPSA) is 111 Å². The molecule has 2 rings (SSSR count). The lowest BCUT2D eigenvalue weighted by Gasteiger charge is -2.20. The normalized spacial score (nSPS) is 12.3. The van der Waals surface area contributed by atoms with Gasteiger partial charge in [0.25, 0.3) is 5.91 Å². The molecule has 0 aliphatic rings. The molecule has 0 saturated carbocycles. The molecule has 0 unspecified atom stereocenters. The number of carbonyl (C=O) groups excluding carboxylic acids is 2. The van der Waals surface area contributed by atoms with E-state index >= 15 is 0 Å². The molecule has 0 aliphatic carbocycles. The van der Waals surface area contributed by atoms with Gasteiger partial charge < -0.3 is 14.8 Å². The Kier molecular flexibility index (Phi) is 7.74. The van der Waals surface area contributed by atoms with Crippen LogP contribution in [0.15, 0.2) is 59.5 Å². The Hall–Kier alpha value is -2.91. The number of ether oxygens (including phenoxy) is 2. The molecule has 2 N–H and O–H groups in total. The lowest BCUT2D eigenvalue weighted by molar-refractivity contribution is -0.150. The summed E-state index contributed by atoms with van der Waals surface area (Å²) in [6, 6.07) is 13.3. The molecule has 0 aromatic heterocycles. The number of esters is 1. The summed E-state index contributed by atoms with van der Waals surface area (Å²) >= 11 is 0. The molecular formula is C20H24N2O6S. The third-order valence-corrected chi connectivity index (χ3v) is 5.44. The quantitative estimate of drug-likeness (QED) is 0.602. The maximum absolute atomic E-state index is 12.5. The van der Waals surface area contributed by atoms with Gasteiger partial charge in [0, 0.05) is 0 Å². The van der Waals surface area contributed by atoms with Gasteiger partial charge in [-0.05, 0) is 30.2 Å². The summed E-state index contributed by atoms with van der Waals surface area (Å²) in [6.07, 6.45) is 0. The fraction of sp³-hybridized carbons (Fsp3) is 0.300. The molecule has 0 fully saturated rings. The van der Waals surface area contributed by atoms with Crippen LogP contribution in [0.2, 0.25) is 0 Å². The van der Waals surface area contributed by atoms with E-state index in [1.54, 1.807) is 56.3 Å². The summed E-state index contributed by atoms with van der Waals surface area (Å²) < 4.78 is 37.5. The Balaban J connectivity index is 2.00. The molecule has 0 radical (unpaired) electrons. The molecule has 2 aromatic carbocycles. The summed E-state index contributed by atoms with van der Waals surface area (Å²) in [7, 11) is -2.44. The number of anilines is 1. The van der Waals surface area contributed by atoms with Crippen LogP contribution in [0.1, 0.15) is 13.8 Å². The summed E-state index contributed by atoms with van der Waals surface area (Å²) in [5.41, 5.74) is 0.432. The van der Waals surface area contributed by atoms with E-state index in [4.69, 9.17) is 9.47 Å². The summed E-state index contributed by atoms with van der Waals surface area (Å²) in [5.74, 6) is -1.34. The Morgan fingerprint density at radius 2 is 1.62 bits per heavy atom. The molecule has 29 heavy (non-hydrogen) atoms. The molecule has 8 nitrogen and oxygen atoms in total. The number of benzene rings is 2. The molecule has 2 aromatic rings. The van der Waals surface area contributed by atoms with Crippen LogP contribution < -0.4 is 14.8 Å². The van der Waals surface area contributed by atoms with Gasteiger partial charge in [-0.1, -0.05) is 44.2 Å². The fourth-order valence-electron chi connectivity index (χ4n) is 2.45. The number of hydrogen-bond donors (Lipinski definition) is 2. The predicted molar refractivity (Wildman–Crippen MR) is 108 cm³/mol. The maximum atomic E-state index is 12.5. The summed E-state index contributed by atoms with van der Waals surface area (Å²) in [6.45, 7) is 2.79. The Morgan fingerprint density at radius 1 is 1.00 bits per heavy atom. The van der Waals surface area contributed by atoms with Gasteiger partial charge in [-0.25, -0.2) is 8.42 Å². The zero-order valence-electron chi connectivity index (χ0n) is 16.4. The molecule has 1 atom stereocenters. The van der Waals surface area contributed by atoms with E-state index < -0.39 is 40.5 Å². The monoisotopic (exact) mass is 420 g/mol. The highest BCUT2D eigenvalue weighted by Gasteiger charge is 2.30. The predicted octanol–water partition coefficient (Wildman–Crippen LogP) is 2.18. The molecule has 0 aliphatic heterocycles. The van der Waals surface area contributed by atoms with Gasteiger partial charge in [-0.3, -0.25) is 9.59 Å². The first kappa shape index (κ1) is 22.4. The van der Waals surface area contributed by atoms with Crippen molar-refractivity contribution >= 4 is 27.6 Å². The highest BCUT2D eigenvalue weighted by molar-refractivity contribution is 7.89. The number of nitrogens with one attached hydrogen (secondary N) is 2. The summed E-state index contributed by atoms with van der Waals surface area (Å²) in [4.78, 5) is 24.6. The van der Waals surface area contributed by atoms with Gasteiger partial charge in [0.1, 0.15) is 11.8 Å². The Bertz CT molecular complexity index is 944. The number of carbonyl (C=O) groups is 2. The van der Waals surface area contributed by atoms with Crippen LogP contribution in [0.3, 0.4) is 0 Å². The third kappa shape index (κ3) is 6.30. The zero-order valence-corrected chi connectivity index (χ0v) is 17.2. The molecule has 0 spiro atoms. The Morgan fingerprint density at radius 3 is 2.24 bits per heavy atom. The van der Waals surface area contributed by atoms with Crippen LogP contribution in [0.4, 0.5) is 5.69 Å². The van der Waals surface area contributed by atoms with Crippen molar-refractivity contribution in [3.63, 3.8) is 0 Å². The van der Waals surface area contributed by atoms with Crippen LogP contribution in [0.25, 0.3) is 0 Å². The van der Waals surface area contributed by atoms with Crippen molar-refractivity contribution in [3.8, 4) is 5.75 Å². The number of sulfonamides is 1.